The van der Waals surface area contributed by atoms with Gasteiger partial charge in [-0.05, 0) is 67.5 Å². The molecule has 140 valence electrons. The average molecular weight is 368 g/mol. The van der Waals surface area contributed by atoms with Gasteiger partial charge in [-0.25, -0.2) is 8.78 Å². The smallest absolute Gasteiger partial charge is 0.133 e. The van der Waals surface area contributed by atoms with E-state index in [-0.39, 0.29) is 0 Å². The lowest BCUT2D eigenvalue weighted by Gasteiger charge is -2.10. The Balaban J connectivity index is 0.00000126. The van der Waals surface area contributed by atoms with Crippen molar-refractivity contribution in [3.8, 4) is 11.1 Å². The molecule has 0 aliphatic rings. The highest BCUT2D eigenvalue weighted by Crippen LogP contribution is 2.26. The molecule has 3 rings (SSSR count). The number of hydrogen-bond donors (Lipinski definition) is 2. The maximum Gasteiger partial charge on any atom is 0.133 e. The molecule has 0 saturated carbocycles. The lowest BCUT2D eigenvalue weighted by Crippen LogP contribution is -2.10. The summed E-state index contributed by atoms with van der Waals surface area (Å²) in [5.74, 6) is -1.13. The summed E-state index contributed by atoms with van der Waals surface area (Å²) in [7, 11) is 1.94. The van der Waals surface area contributed by atoms with E-state index in [1.165, 1.54) is 17.7 Å². The Hall–Kier alpha value is -3.05. The molecule has 0 radical (unpaired) electrons. The minimum Gasteiger partial charge on any atom is -0.356 e. The Bertz CT molecular complexity index is 866. The lowest BCUT2D eigenvalue weighted by atomic mass is 10.0. The molecule has 0 aromatic heterocycles. The van der Waals surface area contributed by atoms with Crippen molar-refractivity contribution in [1.29, 1.82) is 0 Å². The van der Waals surface area contributed by atoms with Crippen LogP contribution in [-0.4, -0.2) is 20.4 Å². The molecule has 0 aliphatic carbocycles. The van der Waals surface area contributed by atoms with Crippen molar-refractivity contribution >= 4 is 18.2 Å². The number of benzene rings is 3. The third-order valence-corrected chi connectivity index (χ3v) is 4.01. The van der Waals surface area contributed by atoms with Crippen LogP contribution >= 0.6 is 0 Å². The second-order valence-electron chi connectivity index (χ2n) is 5.88. The zero-order chi connectivity index (χ0) is 19.6. The van der Waals surface area contributed by atoms with E-state index in [0.717, 1.165) is 30.4 Å². The molecule has 0 fully saturated rings. The van der Waals surface area contributed by atoms with Gasteiger partial charge in [0.1, 0.15) is 18.4 Å². The van der Waals surface area contributed by atoms with Crippen LogP contribution in [0.15, 0.2) is 66.7 Å². The fraction of sp³-hybridized carbons (Fsp3) is 0.136. The zero-order valence-corrected chi connectivity index (χ0v) is 15.1. The SMILES string of the molecule is C=O.CNCCc1cccc(Nc2ccc(-c3ccc(F)cc3F)cc2)c1. The molecular weight excluding hydrogens is 346 g/mol. The highest BCUT2D eigenvalue weighted by atomic mass is 19.1. The van der Waals surface area contributed by atoms with E-state index in [4.69, 9.17) is 4.79 Å². The maximum absolute atomic E-state index is 13.9. The van der Waals surface area contributed by atoms with E-state index in [1.54, 1.807) is 0 Å². The van der Waals surface area contributed by atoms with Crippen molar-refractivity contribution in [2.24, 2.45) is 0 Å². The fourth-order valence-corrected chi connectivity index (χ4v) is 2.70. The van der Waals surface area contributed by atoms with Crippen LogP contribution in [0, 0.1) is 11.6 Å². The number of rotatable bonds is 6. The second kappa shape index (κ2) is 10.2. The quantitative estimate of drug-likeness (QED) is 0.647. The van der Waals surface area contributed by atoms with Crippen LogP contribution in [0.4, 0.5) is 20.2 Å². The number of carbonyl (C=O) groups excluding carboxylic acids is 1. The van der Waals surface area contributed by atoms with Gasteiger partial charge in [-0.1, -0.05) is 24.3 Å². The molecule has 0 atom stereocenters. The molecule has 5 heteroatoms. The molecule has 0 aliphatic heterocycles. The molecule has 0 amide bonds. The molecule has 27 heavy (non-hydrogen) atoms. The van der Waals surface area contributed by atoms with E-state index in [2.05, 4.69) is 22.8 Å². The van der Waals surface area contributed by atoms with Gasteiger partial charge in [-0.3, -0.25) is 0 Å². The summed E-state index contributed by atoms with van der Waals surface area (Å²) in [5, 5.41) is 6.49. The van der Waals surface area contributed by atoms with Gasteiger partial charge in [0, 0.05) is 23.0 Å². The Labute approximate surface area is 158 Å². The van der Waals surface area contributed by atoms with Crippen LogP contribution in [0.2, 0.25) is 0 Å². The van der Waals surface area contributed by atoms with E-state index in [0.29, 0.717) is 11.1 Å². The van der Waals surface area contributed by atoms with Crippen LogP contribution in [0.3, 0.4) is 0 Å². The molecule has 0 unspecified atom stereocenters. The van der Waals surface area contributed by atoms with E-state index >= 15 is 0 Å². The number of likely N-dealkylation sites (N-methyl/N-ethyl adjacent to an activating group) is 1. The van der Waals surface area contributed by atoms with Gasteiger partial charge < -0.3 is 15.4 Å². The topological polar surface area (TPSA) is 41.1 Å². The average Bonchev–Trinajstić information content (AvgIpc) is 2.69. The third-order valence-electron chi connectivity index (χ3n) is 4.01. The highest BCUT2D eigenvalue weighted by molar-refractivity contribution is 5.69. The fourth-order valence-electron chi connectivity index (χ4n) is 2.70. The summed E-state index contributed by atoms with van der Waals surface area (Å²) in [6.45, 7) is 2.93. The van der Waals surface area contributed by atoms with Gasteiger partial charge in [0.2, 0.25) is 0 Å². The largest absolute Gasteiger partial charge is 0.356 e. The second-order valence-corrected chi connectivity index (χ2v) is 5.88. The highest BCUT2D eigenvalue weighted by Gasteiger charge is 2.06. The zero-order valence-electron chi connectivity index (χ0n) is 15.1. The first-order valence-corrected chi connectivity index (χ1v) is 8.50. The van der Waals surface area contributed by atoms with Crippen LogP contribution in [0.1, 0.15) is 5.56 Å². The van der Waals surface area contributed by atoms with Crippen molar-refractivity contribution in [2.75, 3.05) is 18.9 Å². The molecule has 0 spiro atoms. The molecule has 2 N–H and O–H groups in total. The molecule has 3 nitrogen and oxygen atoms in total. The summed E-state index contributed by atoms with van der Waals surface area (Å²) in [6, 6.07) is 19.3. The van der Waals surface area contributed by atoms with Gasteiger partial charge in [0.25, 0.3) is 0 Å². The number of anilines is 2. The van der Waals surface area contributed by atoms with Crippen LogP contribution in [0.25, 0.3) is 11.1 Å². The van der Waals surface area contributed by atoms with Gasteiger partial charge in [-0.2, -0.15) is 0 Å². The number of hydrogen-bond acceptors (Lipinski definition) is 3. The van der Waals surface area contributed by atoms with Crippen molar-refractivity contribution in [3.63, 3.8) is 0 Å². The number of halogens is 2. The molecule has 3 aromatic carbocycles. The Morgan fingerprint density at radius 1 is 0.889 bits per heavy atom. The summed E-state index contributed by atoms with van der Waals surface area (Å²) in [4.78, 5) is 8.00. The van der Waals surface area contributed by atoms with Crippen molar-refractivity contribution in [2.45, 2.75) is 6.42 Å². The number of carbonyl (C=O) groups is 1. The molecular formula is C22H22F2N2O. The Morgan fingerprint density at radius 2 is 1.63 bits per heavy atom. The maximum atomic E-state index is 13.9. The van der Waals surface area contributed by atoms with E-state index in [1.807, 2.05) is 50.2 Å². The molecule has 0 heterocycles. The monoisotopic (exact) mass is 368 g/mol. The van der Waals surface area contributed by atoms with E-state index < -0.39 is 11.6 Å². The first-order valence-electron chi connectivity index (χ1n) is 8.50. The minimum absolute atomic E-state index is 0.391. The Kier molecular flexibility index (Phi) is 7.64. The Morgan fingerprint density at radius 3 is 2.30 bits per heavy atom. The van der Waals surface area contributed by atoms with Crippen LogP contribution < -0.4 is 10.6 Å². The van der Waals surface area contributed by atoms with Crippen molar-refractivity contribution in [3.05, 3.63) is 83.9 Å². The summed E-state index contributed by atoms with van der Waals surface area (Å²) < 4.78 is 26.9. The summed E-state index contributed by atoms with van der Waals surface area (Å²) in [5.41, 5.74) is 4.28. The number of nitrogens with one attached hydrogen (secondary N) is 2. The predicted molar refractivity (Wildman–Crippen MR) is 106 cm³/mol. The lowest BCUT2D eigenvalue weighted by molar-refractivity contribution is -0.0979. The van der Waals surface area contributed by atoms with Gasteiger partial charge in [-0.15, -0.1) is 0 Å². The van der Waals surface area contributed by atoms with Crippen molar-refractivity contribution < 1.29 is 13.6 Å². The van der Waals surface area contributed by atoms with Gasteiger partial charge >= 0.3 is 0 Å². The van der Waals surface area contributed by atoms with Crippen LogP contribution in [-0.2, 0) is 11.2 Å². The predicted octanol–water partition coefficient (Wildman–Crippen LogP) is 4.95. The third kappa shape index (κ3) is 5.72. The van der Waals surface area contributed by atoms with Gasteiger partial charge in [0.15, 0.2) is 0 Å². The minimum atomic E-state index is -0.572. The standard InChI is InChI=1S/C21H20F2N2.CH2O/c1-24-12-11-15-3-2-4-19(13-15)25-18-8-5-16(6-9-18)20-10-7-17(22)14-21(20)23;1-2/h2-10,13-14,24-25H,11-12H2,1H3;1H2. The normalized spacial score (nSPS) is 10.0. The van der Waals surface area contributed by atoms with Crippen LogP contribution in [0.5, 0.6) is 0 Å². The van der Waals surface area contributed by atoms with Gasteiger partial charge in [0.05, 0.1) is 0 Å². The molecule has 0 bridgehead atoms. The first-order chi connectivity index (χ1) is 13.2. The first kappa shape index (κ1) is 20.3. The summed E-state index contributed by atoms with van der Waals surface area (Å²) >= 11 is 0. The van der Waals surface area contributed by atoms with E-state index in [9.17, 15) is 8.78 Å². The summed E-state index contributed by atoms with van der Waals surface area (Å²) in [6.07, 6.45) is 0.967. The molecule has 3 aromatic rings. The van der Waals surface area contributed by atoms with Crippen molar-refractivity contribution in [1.82, 2.24) is 5.32 Å². The molecule has 0 saturated heterocycles.